The van der Waals surface area contributed by atoms with E-state index in [4.69, 9.17) is 11.5 Å². The van der Waals surface area contributed by atoms with Crippen LogP contribution in [0.1, 0.15) is 0 Å². The number of nitrogens with zero attached hydrogens (tertiary/aromatic N) is 5. The number of aliphatic imine (C=N–C) groups is 1. The summed E-state index contributed by atoms with van der Waals surface area (Å²) in [5.41, 5.74) is 12.2. The van der Waals surface area contributed by atoms with Gasteiger partial charge in [0.15, 0.2) is 0 Å². The molecule has 0 bridgehead atoms. The van der Waals surface area contributed by atoms with Gasteiger partial charge in [0.1, 0.15) is 5.82 Å². The minimum atomic E-state index is 0.160. The van der Waals surface area contributed by atoms with Crippen molar-refractivity contribution in [1.29, 1.82) is 0 Å². The summed E-state index contributed by atoms with van der Waals surface area (Å²) in [7, 11) is 0. The number of hydrogen-bond donors (Lipinski definition) is 2. The van der Waals surface area contributed by atoms with E-state index in [1.54, 1.807) is 41.6 Å². The Morgan fingerprint density at radius 1 is 1.11 bits per heavy atom. The fraction of sp³-hybridized carbons (Fsp3) is 0. The van der Waals surface area contributed by atoms with Crippen LogP contribution in [0.4, 0.5) is 0 Å². The van der Waals surface area contributed by atoms with Crippen molar-refractivity contribution in [2.45, 2.75) is 0 Å². The van der Waals surface area contributed by atoms with Crippen LogP contribution in [0.5, 0.6) is 0 Å². The highest BCUT2D eigenvalue weighted by molar-refractivity contribution is 9.12. The summed E-state index contributed by atoms with van der Waals surface area (Å²) in [5.74, 6) is 0.348. The summed E-state index contributed by atoms with van der Waals surface area (Å²) in [5, 5.41) is 8.00. The molecule has 2 rings (SSSR count). The Kier molecular flexibility index (Phi) is 3.81. The predicted molar refractivity (Wildman–Crippen MR) is 76.9 cm³/mol. The zero-order valence-corrected chi connectivity index (χ0v) is 11.5. The van der Waals surface area contributed by atoms with Gasteiger partial charge in [0, 0.05) is 24.8 Å². The number of aromatic nitrogens is 4. The highest BCUT2D eigenvalue weighted by Crippen LogP contribution is 2.21. The Bertz CT molecular complexity index is 622. The Balaban J connectivity index is 2.27. The van der Waals surface area contributed by atoms with Crippen LogP contribution >= 0.6 is 15.9 Å². The summed E-state index contributed by atoms with van der Waals surface area (Å²) in [4.78, 5) is 4.05. The molecule has 0 aliphatic carbocycles. The second-order valence-electron chi connectivity index (χ2n) is 3.52. The molecule has 0 spiro atoms. The lowest BCUT2D eigenvalue weighted by atomic mass is 10.4. The second-order valence-corrected chi connectivity index (χ2v) is 4.31. The molecule has 0 aliphatic heterocycles. The zero-order chi connectivity index (χ0) is 13.8. The molecule has 0 aromatic carbocycles. The molecule has 7 nitrogen and oxygen atoms in total. The van der Waals surface area contributed by atoms with E-state index in [-0.39, 0.29) is 11.8 Å². The summed E-state index contributed by atoms with van der Waals surface area (Å²) < 4.78 is 3.48. The third-order valence-corrected chi connectivity index (χ3v) is 3.10. The molecule has 2 aromatic heterocycles. The summed E-state index contributed by atoms with van der Waals surface area (Å²) in [6.45, 7) is 3.87. The van der Waals surface area contributed by atoms with Crippen LogP contribution in [-0.2, 0) is 0 Å². The van der Waals surface area contributed by atoms with Gasteiger partial charge in [-0.25, -0.2) is 9.36 Å². The van der Waals surface area contributed by atoms with Gasteiger partial charge >= 0.3 is 0 Å². The van der Waals surface area contributed by atoms with E-state index in [1.165, 1.54) is 4.68 Å². The van der Waals surface area contributed by atoms with Gasteiger partial charge in [0.2, 0.25) is 5.96 Å². The largest absolute Gasteiger partial charge is 0.383 e. The lowest BCUT2D eigenvalue weighted by molar-refractivity contribution is 0.902. The van der Waals surface area contributed by atoms with Gasteiger partial charge in [-0.1, -0.05) is 6.58 Å². The number of halogens is 1. The molecule has 19 heavy (non-hydrogen) atoms. The molecule has 0 atom stereocenters. The lowest BCUT2D eigenvalue weighted by Gasteiger charge is -2.07. The van der Waals surface area contributed by atoms with Gasteiger partial charge in [0.05, 0.1) is 10.2 Å². The van der Waals surface area contributed by atoms with Crippen molar-refractivity contribution in [3.05, 3.63) is 53.8 Å². The molecule has 0 amide bonds. The van der Waals surface area contributed by atoms with Crippen molar-refractivity contribution < 1.29 is 0 Å². The third kappa shape index (κ3) is 2.91. The van der Waals surface area contributed by atoms with Gasteiger partial charge < -0.3 is 11.5 Å². The first-order valence-corrected chi connectivity index (χ1v) is 6.07. The van der Waals surface area contributed by atoms with E-state index in [0.717, 1.165) is 0 Å². The van der Waals surface area contributed by atoms with Crippen molar-refractivity contribution in [2.75, 3.05) is 0 Å². The van der Waals surface area contributed by atoms with Crippen LogP contribution < -0.4 is 11.5 Å². The molecule has 2 heterocycles. The number of allylic oxidation sites excluding steroid dienone is 2. The fourth-order valence-corrected chi connectivity index (χ4v) is 1.58. The topological polar surface area (TPSA) is 100 Å². The Morgan fingerprint density at radius 3 is 2.21 bits per heavy atom. The Labute approximate surface area is 118 Å². The standard InChI is InChI=1S/C11H12BrN7/c1-8(18-6-2-4-15-18)9(12)10(13)17-11(14)19-7-3-5-16-19/h2-7H,1,13H2,(H2,14,17)/b10-9+. The van der Waals surface area contributed by atoms with E-state index < -0.39 is 0 Å². The fourth-order valence-electron chi connectivity index (χ4n) is 1.30. The van der Waals surface area contributed by atoms with E-state index in [0.29, 0.717) is 10.2 Å². The summed E-state index contributed by atoms with van der Waals surface area (Å²) in [6, 6.07) is 3.52. The second kappa shape index (κ2) is 5.53. The molecule has 0 saturated heterocycles. The summed E-state index contributed by atoms with van der Waals surface area (Å²) in [6.07, 6.45) is 6.66. The van der Waals surface area contributed by atoms with E-state index in [1.807, 2.05) is 0 Å². The molecule has 4 N–H and O–H groups in total. The minimum absolute atomic E-state index is 0.160. The van der Waals surface area contributed by atoms with Gasteiger partial charge in [-0.05, 0) is 28.1 Å². The Hall–Kier alpha value is -2.35. The van der Waals surface area contributed by atoms with Crippen molar-refractivity contribution in [1.82, 2.24) is 19.6 Å². The first kappa shape index (κ1) is 13.1. The molecule has 0 radical (unpaired) electrons. The number of rotatable bonds is 3. The monoisotopic (exact) mass is 321 g/mol. The normalized spacial score (nSPS) is 13.2. The van der Waals surface area contributed by atoms with E-state index in [2.05, 4.69) is 37.7 Å². The maximum Gasteiger partial charge on any atom is 0.223 e. The number of nitrogens with two attached hydrogens (primary N) is 2. The van der Waals surface area contributed by atoms with Gasteiger partial charge in [-0.3, -0.25) is 0 Å². The zero-order valence-electron chi connectivity index (χ0n) is 9.94. The van der Waals surface area contributed by atoms with Crippen molar-refractivity contribution in [3.63, 3.8) is 0 Å². The highest BCUT2D eigenvalue weighted by Gasteiger charge is 2.07. The van der Waals surface area contributed by atoms with Crippen LogP contribution in [0.25, 0.3) is 5.70 Å². The van der Waals surface area contributed by atoms with Crippen LogP contribution in [-0.4, -0.2) is 25.5 Å². The third-order valence-electron chi connectivity index (χ3n) is 2.23. The van der Waals surface area contributed by atoms with Crippen molar-refractivity contribution in [2.24, 2.45) is 16.5 Å². The molecular weight excluding hydrogens is 310 g/mol. The summed E-state index contributed by atoms with van der Waals surface area (Å²) >= 11 is 3.32. The molecule has 8 heteroatoms. The average molecular weight is 322 g/mol. The van der Waals surface area contributed by atoms with Crippen molar-refractivity contribution >= 4 is 27.6 Å². The lowest BCUT2D eigenvalue weighted by Crippen LogP contribution is -2.24. The SMILES string of the molecule is C=C(/C(Br)=C(N)\N=C(/N)n1cccn1)n1cccn1. The molecular formula is C11H12BrN7. The molecule has 0 aliphatic rings. The van der Waals surface area contributed by atoms with E-state index in [9.17, 15) is 0 Å². The molecule has 98 valence electrons. The van der Waals surface area contributed by atoms with Gasteiger partial charge in [0.25, 0.3) is 0 Å². The molecule has 0 unspecified atom stereocenters. The van der Waals surface area contributed by atoms with Crippen molar-refractivity contribution in [3.8, 4) is 0 Å². The molecule has 2 aromatic rings. The van der Waals surface area contributed by atoms with Crippen LogP contribution in [0, 0.1) is 0 Å². The predicted octanol–water partition coefficient (Wildman–Crippen LogP) is 0.936. The minimum Gasteiger partial charge on any atom is -0.383 e. The number of hydrogen-bond acceptors (Lipinski definition) is 4. The first-order chi connectivity index (χ1) is 9.09. The molecule has 0 fully saturated rings. The average Bonchev–Trinajstić information content (AvgIpc) is 3.08. The maximum atomic E-state index is 5.85. The smallest absolute Gasteiger partial charge is 0.223 e. The Morgan fingerprint density at radius 2 is 1.68 bits per heavy atom. The first-order valence-electron chi connectivity index (χ1n) is 5.28. The quantitative estimate of drug-likeness (QED) is 0.499. The maximum absolute atomic E-state index is 5.85. The highest BCUT2D eigenvalue weighted by atomic mass is 79.9. The van der Waals surface area contributed by atoms with Crippen LogP contribution in [0.15, 0.2) is 58.8 Å². The van der Waals surface area contributed by atoms with Gasteiger partial charge in [-0.15, -0.1) is 0 Å². The van der Waals surface area contributed by atoms with E-state index >= 15 is 0 Å². The van der Waals surface area contributed by atoms with Crippen LogP contribution in [0.3, 0.4) is 0 Å². The molecule has 0 saturated carbocycles. The van der Waals surface area contributed by atoms with Gasteiger partial charge in [-0.2, -0.15) is 15.2 Å². The van der Waals surface area contributed by atoms with Crippen LogP contribution in [0.2, 0.25) is 0 Å².